The Morgan fingerprint density at radius 2 is 1.39 bits per heavy atom. The van der Waals surface area contributed by atoms with Gasteiger partial charge in [0, 0.05) is 43.6 Å². The van der Waals surface area contributed by atoms with E-state index >= 15 is 0 Å². The lowest BCUT2D eigenvalue weighted by Crippen LogP contribution is -2.29. The minimum atomic E-state index is -0.191. The Labute approximate surface area is 167 Å². The third kappa shape index (κ3) is 4.61. The molecular formula is C22H29N5O. The van der Waals surface area contributed by atoms with E-state index in [4.69, 9.17) is 0 Å². The van der Waals surface area contributed by atoms with Crippen LogP contribution in [0.3, 0.4) is 0 Å². The molecule has 2 aromatic rings. The molecule has 0 atom stereocenters. The van der Waals surface area contributed by atoms with Gasteiger partial charge >= 0.3 is 0 Å². The molecule has 2 saturated heterocycles. The third-order valence-corrected chi connectivity index (χ3v) is 5.66. The number of nitrogens with zero attached hydrogens (tertiary/aromatic N) is 4. The van der Waals surface area contributed by atoms with E-state index in [-0.39, 0.29) is 5.91 Å². The molecule has 0 aliphatic carbocycles. The van der Waals surface area contributed by atoms with Crippen molar-refractivity contribution in [2.24, 2.45) is 0 Å². The van der Waals surface area contributed by atoms with Gasteiger partial charge in [-0.2, -0.15) is 0 Å². The van der Waals surface area contributed by atoms with Crippen LogP contribution in [0.15, 0.2) is 36.7 Å². The van der Waals surface area contributed by atoms with E-state index in [2.05, 4.69) is 37.2 Å². The summed E-state index contributed by atoms with van der Waals surface area (Å²) in [7, 11) is 0. The van der Waals surface area contributed by atoms with E-state index in [0.717, 1.165) is 37.7 Å². The Kier molecular flexibility index (Phi) is 6.04. The first-order chi connectivity index (χ1) is 13.8. The van der Waals surface area contributed by atoms with Gasteiger partial charge in [0.05, 0.1) is 0 Å². The lowest BCUT2D eigenvalue weighted by atomic mass is 10.1. The number of hydrogen-bond acceptors (Lipinski definition) is 5. The molecule has 0 bridgehead atoms. The molecule has 2 fully saturated rings. The molecule has 0 saturated carbocycles. The van der Waals surface area contributed by atoms with Gasteiger partial charge in [-0.05, 0) is 56.4 Å². The highest BCUT2D eigenvalue weighted by Crippen LogP contribution is 2.22. The molecule has 1 aromatic heterocycles. The van der Waals surface area contributed by atoms with Crippen LogP contribution in [0.1, 0.15) is 55.4 Å². The molecule has 2 aliphatic rings. The van der Waals surface area contributed by atoms with Crippen molar-refractivity contribution in [3.05, 3.63) is 42.4 Å². The maximum Gasteiger partial charge on any atom is 0.274 e. The van der Waals surface area contributed by atoms with Crippen LogP contribution in [0.4, 0.5) is 17.2 Å². The molecule has 6 heteroatoms. The molecule has 6 nitrogen and oxygen atoms in total. The first-order valence-electron chi connectivity index (χ1n) is 10.5. The summed E-state index contributed by atoms with van der Waals surface area (Å²) in [6, 6.07) is 9.92. The Morgan fingerprint density at radius 1 is 0.786 bits per heavy atom. The monoisotopic (exact) mass is 379 g/mol. The van der Waals surface area contributed by atoms with Gasteiger partial charge in [0.2, 0.25) is 0 Å². The number of piperidine rings is 1. The fraction of sp³-hybridized carbons (Fsp3) is 0.500. The highest BCUT2D eigenvalue weighted by Gasteiger charge is 2.15. The fourth-order valence-electron chi connectivity index (χ4n) is 4.05. The SMILES string of the molecule is O=C(Nc1ccc(N2CCCCC2)cc1)c1cc(N2CCCCCC2)ncn1. The minimum absolute atomic E-state index is 0.191. The van der Waals surface area contributed by atoms with E-state index in [9.17, 15) is 4.79 Å². The number of rotatable bonds is 4. The Balaban J connectivity index is 1.41. The predicted octanol–water partition coefficient (Wildman–Crippen LogP) is 4.10. The molecule has 1 amide bonds. The van der Waals surface area contributed by atoms with Gasteiger partial charge in [0.25, 0.3) is 5.91 Å². The van der Waals surface area contributed by atoms with Gasteiger partial charge in [-0.3, -0.25) is 4.79 Å². The molecule has 0 radical (unpaired) electrons. The Hall–Kier alpha value is -2.63. The highest BCUT2D eigenvalue weighted by molar-refractivity contribution is 6.03. The van der Waals surface area contributed by atoms with Crippen molar-refractivity contribution in [3.8, 4) is 0 Å². The molecule has 148 valence electrons. The van der Waals surface area contributed by atoms with Gasteiger partial charge in [-0.15, -0.1) is 0 Å². The molecular weight excluding hydrogens is 350 g/mol. The van der Waals surface area contributed by atoms with Gasteiger partial charge < -0.3 is 15.1 Å². The molecule has 4 rings (SSSR count). The summed E-state index contributed by atoms with van der Waals surface area (Å²) >= 11 is 0. The van der Waals surface area contributed by atoms with E-state index in [0.29, 0.717) is 5.69 Å². The van der Waals surface area contributed by atoms with Crippen LogP contribution in [-0.2, 0) is 0 Å². The summed E-state index contributed by atoms with van der Waals surface area (Å²) in [6.07, 6.45) is 10.2. The zero-order valence-corrected chi connectivity index (χ0v) is 16.4. The van der Waals surface area contributed by atoms with Crippen molar-refractivity contribution in [2.75, 3.05) is 41.3 Å². The standard InChI is InChI=1S/C22H29N5O/c28-22(20-16-21(24-17-23-20)27-14-4-1-2-5-15-27)25-18-8-10-19(11-9-18)26-12-6-3-7-13-26/h8-11,16-17H,1-7,12-15H2,(H,25,28). The van der Waals surface area contributed by atoms with Crippen molar-refractivity contribution in [3.63, 3.8) is 0 Å². The van der Waals surface area contributed by atoms with Gasteiger partial charge in [-0.25, -0.2) is 9.97 Å². The molecule has 2 aliphatic heterocycles. The highest BCUT2D eigenvalue weighted by atomic mass is 16.1. The quantitative estimate of drug-likeness (QED) is 0.867. The second kappa shape index (κ2) is 9.04. The number of amides is 1. The molecule has 0 spiro atoms. The van der Waals surface area contributed by atoms with E-state index in [1.54, 1.807) is 0 Å². The molecule has 3 heterocycles. The van der Waals surface area contributed by atoms with E-state index in [1.807, 2.05) is 18.2 Å². The lowest BCUT2D eigenvalue weighted by Gasteiger charge is -2.28. The average molecular weight is 380 g/mol. The van der Waals surface area contributed by atoms with Gasteiger partial charge in [-0.1, -0.05) is 12.8 Å². The number of carbonyl (C=O) groups excluding carboxylic acids is 1. The van der Waals surface area contributed by atoms with Crippen LogP contribution in [0.5, 0.6) is 0 Å². The number of carbonyl (C=O) groups is 1. The summed E-state index contributed by atoms with van der Waals surface area (Å²) in [5, 5.41) is 2.96. The second-order valence-electron chi connectivity index (χ2n) is 7.71. The Bertz CT molecular complexity index is 778. The van der Waals surface area contributed by atoms with Gasteiger partial charge in [0.15, 0.2) is 0 Å². The number of benzene rings is 1. The van der Waals surface area contributed by atoms with Gasteiger partial charge in [0.1, 0.15) is 17.8 Å². The van der Waals surface area contributed by atoms with Crippen molar-refractivity contribution < 1.29 is 4.79 Å². The largest absolute Gasteiger partial charge is 0.372 e. The Morgan fingerprint density at radius 3 is 2.07 bits per heavy atom. The zero-order chi connectivity index (χ0) is 19.2. The van der Waals surface area contributed by atoms with Crippen LogP contribution < -0.4 is 15.1 Å². The first-order valence-corrected chi connectivity index (χ1v) is 10.5. The maximum atomic E-state index is 12.7. The third-order valence-electron chi connectivity index (χ3n) is 5.66. The van der Waals surface area contributed by atoms with Crippen LogP contribution in [0.2, 0.25) is 0 Å². The van der Waals surface area contributed by atoms with Crippen LogP contribution >= 0.6 is 0 Å². The molecule has 28 heavy (non-hydrogen) atoms. The smallest absolute Gasteiger partial charge is 0.274 e. The topological polar surface area (TPSA) is 61.4 Å². The van der Waals surface area contributed by atoms with Crippen molar-refractivity contribution in [1.82, 2.24) is 9.97 Å². The normalized spacial score (nSPS) is 17.9. The number of hydrogen-bond donors (Lipinski definition) is 1. The van der Waals surface area contributed by atoms with Crippen molar-refractivity contribution in [2.45, 2.75) is 44.9 Å². The summed E-state index contributed by atoms with van der Waals surface area (Å²) in [5.41, 5.74) is 2.43. The lowest BCUT2D eigenvalue weighted by molar-refractivity contribution is 0.102. The predicted molar refractivity (Wildman–Crippen MR) is 113 cm³/mol. The maximum absolute atomic E-state index is 12.7. The summed E-state index contributed by atoms with van der Waals surface area (Å²) in [4.78, 5) is 25.9. The summed E-state index contributed by atoms with van der Waals surface area (Å²) < 4.78 is 0. The second-order valence-corrected chi connectivity index (χ2v) is 7.71. The molecule has 1 aromatic carbocycles. The van der Waals surface area contributed by atoms with Crippen molar-refractivity contribution in [1.29, 1.82) is 0 Å². The average Bonchev–Trinajstić information content (AvgIpc) is 3.05. The zero-order valence-electron chi connectivity index (χ0n) is 16.4. The van der Waals surface area contributed by atoms with Crippen molar-refractivity contribution >= 4 is 23.1 Å². The number of anilines is 3. The molecule has 1 N–H and O–H groups in total. The van der Waals surface area contributed by atoms with Crippen LogP contribution in [0.25, 0.3) is 0 Å². The van der Waals surface area contributed by atoms with Crippen LogP contribution in [0, 0.1) is 0 Å². The first kappa shape index (κ1) is 18.7. The minimum Gasteiger partial charge on any atom is -0.372 e. The van der Waals surface area contributed by atoms with E-state index in [1.165, 1.54) is 57.0 Å². The fourth-order valence-corrected chi connectivity index (χ4v) is 4.05. The van der Waals surface area contributed by atoms with Crippen LogP contribution in [-0.4, -0.2) is 42.1 Å². The number of aromatic nitrogens is 2. The summed E-state index contributed by atoms with van der Waals surface area (Å²) in [5.74, 6) is 0.659. The number of nitrogens with one attached hydrogen (secondary N) is 1. The summed E-state index contributed by atoms with van der Waals surface area (Å²) in [6.45, 7) is 4.23. The van der Waals surface area contributed by atoms with E-state index < -0.39 is 0 Å². The molecule has 0 unspecified atom stereocenters.